The Kier molecular flexibility index (Phi) is 4.39. The van der Waals surface area contributed by atoms with Crippen LogP contribution in [0.1, 0.15) is 41.1 Å². The van der Waals surface area contributed by atoms with Crippen LogP contribution in [0, 0.1) is 0 Å². The third kappa shape index (κ3) is 2.98. The lowest BCUT2D eigenvalue weighted by molar-refractivity contribution is -0.114. The first kappa shape index (κ1) is 14.5. The number of fused-ring (bicyclic) bond motifs is 1. The Morgan fingerprint density at radius 3 is 2.70 bits per heavy atom. The highest BCUT2D eigenvalue weighted by Gasteiger charge is 2.28. The number of carbonyl (C=O) groups is 3. The molecule has 1 heterocycles. The molecule has 108 valence electrons. The van der Waals surface area contributed by atoms with E-state index in [1.54, 1.807) is 6.92 Å². The van der Waals surface area contributed by atoms with Gasteiger partial charge in [-0.25, -0.2) is 4.79 Å². The summed E-state index contributed by atoms with van der Waals surface area (Å²) in [6.45, 7) is 3.24. The number of hydrogen-bond donors (Lipinski definition) is 2. The summed E-state index contributed by atoms with van der Waals surface area (Å²) in [6.07, 6.45) is 1.90. The van der Waals surface area contributed by atoms with Crippen molar-refractivity contribution in [2.24, 2.45) is 0 Å². The predicted molar refractivity (Wildman–Crippen MR) is 75.1 cm³/mol. The molecular formula is C13H16N2O4S. The molecule has 0 saturated carbocycles. The highest BCUT2D eigenvalue weighted by molar-refractivity contribution is 7.17. The molecule has 0 fully saturated rings. The summed E-state index contributed by atoms with van der Waals surface area (Å²) < 4.78 is 4.70. The van der Waals surface area contributed by atoms with Crippen LogP contribution in [0.4, 0.5) is 9.80 Å². The number of alkyl carbamates (subject to hydrolysis) is 1. The second-order valence-corrected chi connectivity index (χ2v) is 5.52. The van der Waals surface area contributed by atoms with Crippen LogP contribution in [0.15, 0.2) is 0 Å². The Morgan fingerprint density at radius 2 is 2.05 bits per heavy atom. The van der Waals surface area contributed by atoms with Gasteiger partial charge in [-0.15, -0.1) is 11.3 Å². The maximum atomic E-state index is 12.2. The summed E-state index contributed by atoms with van der Waals surface area (Å²) in [7, 11) is 0. The Hall–Kier alpha value is -1.89. The average molecular weight is 296 g/mol. The van der Waals surface area contributed by atoms with Crippen molar-refractivity contribution in [3.8, 4) is 0 Å². The van der Waals surface area contributed by atoms with Crippen LogP contribution in [-0.2, 0) is 22.4 Å². The van der Waals surface area contributed by atoms with E-state index in [1.807, 2.05) is 0 Å². The van der Waals surface area contributed by atoms with Gasteiger partial charge in [0, 0.05) is 11.8 Å². The van der Waals surface area contributed by atoms with E-state index in [2.05, 4.69) is 10.6 Å². The normalized spacial score (nSPS) is 12.7. The molecule has 2 N–H and O–H groups in total. The molecular weight excluding hydrogens is 280 g/mol. The standard InChI is InChI=1S/C13H16N2O4S/c1-3-19-13(18)15-11(17)10-8-5-4-6-9(8)20-12(10)14-7(2)16/h3-6H2,1-2H3,(H,14,16)(H,15,17,18). The molecule has 6 nitrogen and oxygen atoms in total. The molecule has 0 aliphatic heterocycles. The molecule has 20 heavy (non-hydrogen) atoms. The van der Waals surface area contributed by atoms with Crippen molar-refractivity contribution < 1.29 is 19.1 Å². The number of ether oxygens (including phenoxy) is 1. The maximum Gasteiger partial charge on any atom is 0.414 e. The van der Waals surface area contributed by atoms with Gasteiger partial charge in [0.1, 0.15) is 5.00 Å². The molecule has 7 heteroatoms. The number of amides is 3. The van der Waals surface area contributed by atoms with Crippen LogP contribution in [0.2, 0.25) is 0 Å². The Balaban J connectivity index is 2.26. The van der Waals surface area contributed by atoms with Gasteiger partial charge in [0.15, 0.2) is 0 Å². The zero-order valence-corrected chi connectivity index (χ0v) is 12.2. The Morgan fingerprint density at radius 1 is 1.30 bits per heavy atom. The van der Waals surface area contributed by atoms with Crippen LogP contribution in [-0.4, -0.2) is 24.5 Å². The monoisotopic (exact) mass is 296 g/mol. The zero-order chi connectivity index (χ0) is 14.7. The number of imide groups is 1. The molecule has 0 unspecified atom stereocenters. The molecule has 2 rings (SSSR count). The lowest BCUT2D eigenvalue weighted by Crippen LogP contribution is -2.32. The van der Waals surface area contributed by atoms with Gasteiger partial charge < -0.3 is 10.1 Å². The van der Waals surface area contributed by atoms with Gasteiger partial charge in [-0.3, -0.25) is 14.9 Å². The van der Waals surface area contributed by atoms with Gasteiger partial charge in [0.2, 0.25) is 5.91 Å². The maximum absolute atomic E-state index is 12.2. The summed E-state index contributed by atoms with van der Waals surface area (Å²) in [5.41, 5.74) is 1.33. The summed E-state index contributed by atoms with van der Waals surface area (Å²) in [6, 6.07) is 0. The second-order valence-electron chi connectivity index (χ2n) is 4.42. The second kappa shape index (κ2) is 6.04. The number of anilines is 1. The lowest BCUT2D eigenvalue weighted by atomic mass is 10.1. The number of hydrogen-bond acceptors (Lipinski definition) is 5. The molecule has 0 bridgehead atoms. The number of thiophene rings is 1. The largest absolute Gasteiger partial charge is 0.450 e. The molecule has 0 aromatic carbocycles. The summed E-state index contributed by atoms with van der Waals surface area (Å²) in [4.78, 5) is 35.9. The van der Waals surface area contributed by atoms with Gasteiger partial charge >= 0.3 is 6.09 Å². The fourth-order valence-corrected chi connectivity index (χ4v) is 3.55. The van der Waals surface area contributed by atoms with Gasteiger partial charge in [-0.2, -0.15) is 0 Å². The van der Waals surface area contributed by atoms with Crippen molar-refractivity contribution in [2.45, 2.75) is 33.1 Å². The fraction of sp³-hybridized carbons (Fsp3) is 0.462. The van der Waals surface area contributed by atoms with Crippen LogP contribution in [0.3, 0.4) is 0 Å². The molecule has 1 aliphatic rings. The van der Waals surface area contributed by atoms with E-state index in [1.165, 1.54) is 18.3 Å². The molecule has 0 radical (unpaired) electrons. The van der Waals surface area contributed by atoms with E-state index in [0.717, 1.165) is 29.7 Å². The average Bonchev–Trinajstić information content (AvgIpc) is 2.87. The minimum absolute atomic E-state index is 0.194. The van der Waals surface area contributed by atoms with Crippen LogP contribution in [0.25, 0.3) is 0 Å². The van der Waals surface area contributed by atoms with E-state index >= 15 is 0 Å². The van der Waals surface area contributed by atoms with Gasteiger partial charge in [0.25, 0.3) is 5.91 Å². The van der Waals surface area contributed by atoms with E-state index in [0.29, 0.717) is 10.6 Å². The third-order valence-electron chi connectivity index (χ3n) is 2.93. The lowest BCUT2D eigenvalue weighted by Gasteiger charge is -2.07. The van der Waals surface area contributed by atoms with E-state index in [9.17, 15) is 14.4 Å². The summed E-state index contributed by atoms with van der Waals surface area (Å²) >= 11 is 1.40. The van der Waals surface area contributed by atoms with Gasteiger partial charge in [-0.05, 0) is 31.7 Å². The highest BCUT2D eigenvalue weighted by atomic mass is 32.1. The number of nitrogens with one attached hydrogen (secondary N) is 2. The fourth-order valence-electron chi connectivity index (χ4n) is 2.21. The highest BCUT2D eigenvalue weighted by Crippen LogP contribution is 2.39. The van der Waals surface area contributed by atoms with Crippen LogP contribution in [0.5, 0.6) is 0 Å². The van der Waals surface area contributed by atoms with Crippen molar-refractivity contribution in [1.82, 2.24) is 5.32 Å². The first-order chi connectivity index (χ1) is 9.52. The van der Waals surface area contributed by atoms with Gasteiger partial charge in [0.05, 0.1) is 12.2 Å². The Labute approximate surface area is 120 Å². The molecule has 1 aliphatic carbocycles. The first-order valence-corrected chi connectivity index (χ1v) is 7.24. The van der Waals surface area contributed by atoms with Crippen molar-refractivity contribution >= 4 is 34.2 Å². The van der Waals surface area contributed by atoms with Crippen molar-refractivity contribution in [1.29, 1.82) is 0 Å². The van der Waals surface area contributed by atoms with Crippen LogP contribution < -0.4 is 10.6 Å². The summed E-state index contributed by atoms with van der Waals surface area (Å²) in [5.74, 6) is -0.762. The number of aryl methyl sites for hydroxylation is 1. The molecule has 0 atom stereocenters. The van der Waals surface area contributed by atoms with Crippen LogP contribution >= 0.6 is 11.3 Å². The number of carbonyl (C=O) groups excluding carboxylic acids is 3. The number of rotatable bonds is 3. The van der Waals surface area contributed by atoms with E-state index < -0.39 is 12.0 Å². The minimum Gasteiger partial charge on any atom is -0.450 e. The summed E-state index contributed by atoms with van der Waals surface area (Å²) in [5, 5.41) is 5.34. The van der Waals surface area contributed by atoms with Crippen molar-refractivity contribution in [3.05, 3.63) is 16.0 Å². The van der Waals surface area contributed by atoms with E-state index in [4.69, 9.17) is 4.74 Å². The molecule has 1 aromatic heterocycles. The van der Waals surface area contributed by atoms with E-state index in [-0.39, 0.29) is 12.5 Å². The first-order valence-electron chi connectivity index (χ1n) is 6.43. The zero-order valence-electron chi connectivity index (χ0n) is 11.4. The topological polar surface area (TPSA) is 84.5 Å². The van der Waals surface area contributed by atoms with Gasteiger partial charge in [-0.1, -0.05) is 0 Å². The molecule has 3 amide bonds. The smallest absolute Gasteiger partial charge is 0.414 e. The minimum atomic E-state index is -0.774. The molecule has 0 saturated heterocycles. The molecule has 0 spiro atoms. The quantitative estimate of drug-likeness (QED) is 0.894. The van der Waals surface area contributed by atoms with Crippen molar-refractivity contribution in [2.75, 3.05) is 11.9 Å². The molecule has 1 aromatic rings. The predicted octanol–water partition coefficient (Wildman–Crippen LogP) is 2.08. The van der Waals surface area contributed by atoms with Crippen molar-refractivity contribution in [3.63, 3.8) is 0 Å². The Bertz CT molecular complexity index is 565. The SMILES string of the molecule is CCOC(=O)NC(=O)c1c(NC(C)=O)sc2c1CCC2. The third-order valence-corrected chi connectivity index (χ3v) is 4.14.